The number of aliphatic imine (C=N–C) groups is 1. The van der Waals surface area contributed by atoms with Crippen LogP contribution >= 0.6 is 0 Å². The summed E-state index contributed by atoms with van der Waals surface area (Å²) < 4.78 is 71.8. The van der Waals surface area contributed by atoms with Crippen LogP contribution in [0.5, 0.6) is 0 Å². The van der Waals surface area contributed by atoms with Crippen LogP contribution in [-0.4, -0.2) is 29.6 Å². The highest BCUT2D eigenvalue weighted by molar-refractivity contribution is 6.18. The first-order valence-electron chi connectivity index (χ1n) is 7.66. The number of rotatable bonds is 6. The molecule has 0 aliphatic rings. The molecule has 0 saturated carbocycles. The molecule has 11 heteroatoms. The molecule has 0 aliphatic carbocycles. The first-order valence-corrected chi connectivity index (χ1v) is 7.66. The van der Waals surface area contributed by atoms with Gasteiger partial charge in [0.2, 0.25) is 0 Å². The van der Waals surface area contributed by atoms with Crippen LogP contribution in [0, 0.1) is 35.0 Å². The van der Waals surface area contributed by atoms with Crippen LogP contribution in [0.25, 0.3) is 0 Å². The highest BCUT2D eigenvalue weighted by Crippen LogP contribution is 2.21. The van der Waals surface area contributed by atoms with Gasteiger partial charge in [-0.15, -0.1) is 0 Å². The lowest BCUT2D eigenvalue weighted by atomic mass is 9.98. The van der Waals surface area contributed by atoms with Crippen LogP contribution in [0.2, 0.25) is 0 Å². The molecule has 28 heavy (non-hydrogen) atoms. The van der Waals surface area contributed by atoms with Gasteiger partial charge in [-0.25, -0.2) is 31.9 Å². The number of nitrogens with two attached hydrogens (primary N) is 1. The molecule has 1 unspecified atom stereocenters. The molecule has 2 N–H and O–H groups in total. The fraction of sp³-hybridized carbons (Fsp3) is 0.176. The second-order valence-corrected chi connectivity index (χ2v) is 5.28. The highest BCUT2D eigenvalue weighted by atomic mass is 19.2. The van der Waals surface area contributed by atoms with Gasteiger partial charge in [0.1, 0.15) is 5.82 Å². The lowest BCUT2D eigenvalue weighted by Crippen LogP contribution is -2.28. The Morgan fingerprint density at radius 1 is 1.07 bits per heavy atom. The summed E-state index contributed by atoms with van der Waals surface area (Å²) in [6.07, 6.45) is 0.559. The van der Waals surface area contributed by atoms with Gasteiger partial charge < -0.3 is 10.5 Å². The third-order valence-corrected chi connectivity index (χ3v) is 3.38. The van der Waals surface area contributed by atoms with E-state index < -0.39 is 64.0 Å². The largest absolute Gasteiger partial charge is 0.465 e. The molecule has 148 valence electrons. The molecule has 2 aromatic rings. The van der Waals surface area contributed by atoms with Crippen LogP contribution in [0.4, 0.5) is 33.6 Å². The molecular formula is C17H12F5N3O3. The van der Waals surface area contributed by atoms with E-state index in [0.29, 0.717) is 12.3 Å². The van der Waals surface area contributed by atoms with Gasteiger partial charge in [0.15, 0.2) is 46.6 Å². The Morgan fingerprint density at radius 3 is 2.32 bits per heavy atom. The maximum absolute atomic E-state index is 13.9. The highest BCUT2D eigenvalue weighted by Gasteiger charge is 2.30. The van der Waals surface area contributed by atoms with Crippen molar-refractivity contribution in [1.82, 2.24) is 4.98 Å². The maximum atomic E-state index is 13.9. The number of esters is 1. The van der Waals surface area contributed by atoms with Crippen LogP contribution in [-0.2, 0) is 9.53 Å². The molecule has 1 atom stereocenters. The fourth-order valence-corrected chi connectivity index (χ4v) is 2.05. The molecule has 0 amide bonds. The molecule has 0 aliphatic heterocycles. The number of hydrogen-bond donors (Lipinski definition) is 1. The van der Waals surface area contributed by atoms with Crippen molar-refractivity contribution in [2.24, 2.45) is 10.9 Å². The van der Waals surface area contributed by atoms with Crippen molar-refractivity contribution >= 4 is 29.6 Å². The zero-order chi connectivity index (χ0) is 21.0. The van der Waals surface area contributed by atoms with E-state index in [9.17, 15) is 31.5 Å². The van der Waals surface area contributed by atoms with Gasteiger partial charge in [0.25, 0.3) is 0 Å². The fourth-order valence-electron chi connectivity index (χ4n) is 2.05. The van der Waals surface area contributed by atoms with Gasteiger partial charge in [-0.2, -0.15) is 0 Å². The SMILES string of the molecule is CCOC(=O)C(C=Nc1nc(N)c(F)cc1F)C(=O)c1cc(F)c(F)cc1F. The van der Waals surface area contributed by atoms with Crippen LogP contribution in [0.1, 0.15) is 17.3 Å². The Balaban J connectivity index is 2.46. The number of ketones is 1. The van der Waals surface area contributed by atoms with E-state index >= 15 is 0 Å². The first kappa shape index (κ1) is 20.9. The van der Waals surface area contributed by atoms with Gasteiger partial charge in [0, 0.05) is 18.3 Å². The number of halogens is 5. The lowest BCUT2D eigenvalue weighted by Gasteiger charge is -2.11. The molecule has 0 saturated heterocycles. The van der Waals surface area contributed by atoms with Crippen LogP contribution in [0.15, 0.2) is 23.2 Å². The van der Waals surface area contributed by atoms with E-state index in [0.717, 1.165) is 0 Å². The number of aromatic nitrogens is 1. The molecule has 1 heterocycles. The van der Waals surface area contributed by atoms with Gasteiger partial charge in [-0.05, 0) is 13.0 Å². The second-order valence-electron chi connectivity index (χ2n) is 5.28. The molecule has 6 nitrogen and oxygen atoms in total. The third-order valence-electron chi connectivity index (χ3n) is 3.38. The Labute approximate surface area is 154 Å². The summed E-state index contributed by atoms with van der Waals surface area (Å²) in [5.74, 6) is -12.8. The van der Waals surface area contributed by atoms with Crippen molar-refractivity contribution in [1.29, 1.82) is 0 Å². The van der Waals surface area contributed by atoms with Crippen molar-refractivity contribution < 1.29 is 36.3 Å². The Kier molecular flexibility index (Phi) is 6.39. The van der Waals surface area contributed by atoms with Gasteiger partial charge >= 0.3 is 5.97 Å². The summed E-state index contributed by atoms with van der Waals surface area (Å²) >= 11 is 0. The van der Waals surface area contributed by atoms with E-state index in [1.54, 1.807) is 0 Å². The van der Waals surface area contributed by atoms with Gasteiger partial charge in [0.05, 0.1) is 12.2 Å². The van der Waals surface area contributed by atoms with E-state index in [-0.39, 0.29) is 18.7 Å². The van der Waals surface area contributed by atoms with Gasteiger partial charge in [-0.1, -0.05) is 0 Å². The standard InChI is InChI=1S/C17H12F5N3O3/c1-2-28-17(27)8(6-24-16-13(22)5-12(21)15(23)25-16)14(26)7-3-10(19)11(20)4-9(7)18/h3-6,8H,2H2,1H3,(H2,23,25). The summed E-state index contributed by atoms with van der Waals surface area (Å²) in [5, 5.41) is 0. The average Bonchev–Trinajstić information content (AvgIpc) is 2.62. The van der Waals surface area contributed by atoms with Crippen molar-refractivity contribution in [2.45, 2.75) is 6.92 Å². The van der Waals surface area contributed by atoms with Crippen molar-refractivity contribution in [2.75, 3.05) is 12.3 Å². The number of Topliss-reactive ketones (excluding diaryl/α,β-unsaturated/α-hetero) is 1. The Hall–Kier alpha value is -3.37. The number of benzene rings is 1. The molecular weight excluding hydrogens is 389 g/mol. The van der Waals surface area contributed by atoms with Crippen LogP contribution in [0.3, 0.4) is 0 Å². The predicted molar refractivity (Wildman–Crippen MR) is 87.5 cm³/mol. The van der Waals surface area contributed by atoms with E-state index in [1.165, 1.54) is 6.92 Å². The summed E-state index contributed by atoms with van der Waals surface area (Å²) in [6.45, 7) is 1.24. The zero-order valence-electron chi connectivity index (χ0n) is 14.2. The van der Waals surface area contributed by atoms with Crippen molar-refractivity contribution in [3.63, 3.8) is 0 Å². The number of ether oxygens (including phenoxy) is 1. The summed E-state index contributed by atoms with van der Waals surface area (Å²) in [4.78, 5) is 31.2. The molecule has 0 spiro atoms. The minimum absolute atomic E-state index is 0.129. The number of hydrogen-bond acceptors (Lipinski definition) is 6. The number of anilines is 1. The quantitative estimate of drug-likeness (QED) is 0.200. The normalized spacial score (nSPS) is 12.2. The van der Waals surface area contributed by atoms with Crippen molar-refractivity contribution in [3.8, 4) is 0 Å². The number of pyridine rings is 1. The van der Waals surface area contributed by atoms with Crippen LogP contribution < -0.4 is 5.73 Å². The maximum Gasteiger partial charge on any atom is 0.322 e. The average molecular weight is 401 g/mol. The minimum Gasteiger partial charge on any atom is -0.465 e. The van der Waals surface area contributed by atoms with E-state index in [1.807, 2.05) is 0 Å². The summed E-state index contributed by atoms with van der Waals surface area (Å²) in [5.41, 5.74) is 4.24. The van der Waals surface area contributed by atoms with E-state index in [2.05, 4.69) is 14.7 Å². The molecule has 1 aromatic heterocycles. The Morgan fingerprint density at radius 2 is 1.68 bits per heavy atom. The molecule has 1 aromatic carbocycles. The minimum atomic E-state index is -1.94. The second kappa shape index (κ2) is 8.55. The smallest absolute Gasteiger partial charge is 0.322 e. The first-order chi connectivity index (χ1) is 13.1. The number of carbonyl (C=O) groups is 2. The zero-order valence-corrected chi connectivity index (χ0v) is 14.2. The topological polar surface area (TPSA) is 94.6 Å². The number of nitrogens with zero attached hydrogens (tertiary/aromatic N) is 2. The van der Waals surface area contributed by atoms with Gasteiger partial charge in [-0.3, -0.25) is 9.59 Å². The third kappa shape index (κ3) is 4.48. The molecule has 0 fully saturated rings. The summed E-state index contributed by atoms with van der Waals surface area (Å²) in [6, 6.07) is 0.775. The number of carbonyl (C=O) groups excluding carboxylic acids is 2. The molecule has 0 bridgehead atoms. The van der Waals surface area contributed by atoms with Crippen molar-refractivity contribution in [3.05, 3.63) is 52.8 Å². The molecule has 2 rings (SSSR count). The molecule has 0 radical (unpaired) electrons. The summed E-state index contributed by atoms with van der Waals surface area (Å²) in [7, 11) is 0. The Bertz CT molecular complexity index is 966. The van der Waals surface area contributed by atoms with E-state index in [4.69, 9.17) is 5.73 Å². The lowest BCUT2D eigenvalue weighted by molar-refractivity contribution is -0.143. The monoisotopic (exact) mass is 401 g/mol. The number of nitrogen functional groups attached to an aromatic ring is 1. The predicted octanol–water partition coefficient (Wildman–Crippen LogP) is 3.12.